The second-order valence-electron chi connectivity index (χ2n) is 4.17. The van der Waals surface area contributed by atoms with Crippen molar-refractivity contribution in [2.24, 2.45) is 5.73 Å². The number of halogens is 2. The molecule has 0 aromatic heterocycles. The number of unbranched alkanes of at least 4 members (excludes halogenated alkanes) is 1. The molecule has 96 valence electrons. The number of alkyl halides is 2. The summed E-state index contributed by atoms with van der Waals surface area (Å²) in [5.41, 5.74) is 6.25. The number of methoxy groups -OCH3 is 1. The summed E-state index contributed by atoms with van der Waals surface area (Å²) >= 11 is 0. The van der Waals surface area contributed by atoms with Crippen molar-refractivity contribution in [1.82, 2.24) is 0 Å². The number of hydrogen-bond donors (Lipinski definition) is 1. The van der Waals surface area contributed by atoms with Crippen LogP contribution >= 0.6 is 0 Å². The van der Waals surface area contributed by atoms with Crippen LogP contribution in [0, 0.1) is 0 Å². The molecule has 0 atom stereocenters. The Balaban J connectivity index is 2.89. The molecule has 2 nitrogen and oxygen atoms in total. The minimum Gasteiger partial charge on any atom is -0.496 e. The largest absolute Gasteiger partial charge is 0.496 e. The molecule has 2 N–H and O–H groups in total. The Morgan fingerprint density at radius 2 is 2.00 bits per heavy atom. The zero-order chi connectivity index (χ0) is 12.9. The monoisotopic (exact) mass is 243 g/mol. The average Bonchev–Trinajstić information content (AvgIpc) is 2.28. The molecule has 0 aliphatic rings. The highest BCUT2D eigenvalue weighted by molar-refractivity contribution is 5.40. The maximum Gasteiger partial charge on any atom is 0.274 e. The van der Waals surface area contributed by atoms with Crippen molar-refractivity contribution < 1.29 is 13.5 Å². The lowest BCUT2D eigenvalue weighted by molar-refractivity contribution is 0.0150. The normalized spacial score (nSPS) is 11.6. The van der Waals surface area contributed by atoms with Gasteiger partial charge in [0.1, 0.15) is 5.75 Å². The maximum absolute atomic E-state index is 13.4. The third-order valence-electron chi connectivity index (χ3n) is 2.66. The van der Waals surface area contributed by atoms with Crippen LogP contribution in [-0.4, -0.2) is 13.7 Å². The first kappa shape index (κ1) is 13.9. The SMILES string of the molecule is COc1ccc(CCCCN)cc1C(C)(F)F. The van der Waals surface area contributed by atoms with Gasteiger partial charge in [0.05, 0.1) is 12.7 Å². The fourth-order valence-corrected chi connectivity index (χ4v) is 1.73. The van der Waals surface area contributed by atoms with E-state index in [2.05, 4.69) is 0 Å². The fourth-order valence-electron chi connectivity index (χ4n) is 1.73. The van der Waals surface area contributed by atoms with Crippen LogP contribution in [0.5, 0.6) is 5.75 Å². The van der Waals surface area contributed by atoms with Gasteiger partial charge < -0.3 is 10.5 Å². The molecule has 0 bridgehead atoms. The Morgan fingerprint density at radius 1 is 1.29 bits per heavy atom. The van der Waals surface area contributed by atoms with Gasteiger partial charge in [0.25, 0.3) is 5.92 Å². The van der Waals surface area contributed by atoms with E-state index in [0.29, 0.717) is 6.54 Å². The quantitative estimate of drug-likeness (QED) is 0.779. The number of nitrogens with two attached hydrogens (primary N) is 1. The lowest BCUT2D eigenvalue weighted by atomic mass is 10.0. The Hall–Kier alpha value is -1.16. The molecule has 17 heavy (non-hydrogen) atoms. The van der Waals surface area contributed by atoms with Gasteiger partial charge in [-0.1, -0.05) is 6.07 Å². The number of ether oxygens (including phenoxy) is 1. The molecule has 0 amide bonds. The summed E-state index contributed by atoms with van der Waals surface area (Å²) in [4.78, 5) is 0. The Labute approximate surface area is 101 Å². The highest BCUT2D eigenvalue weighted by atomic mass is 19.3. The van der Waals surface area contributed by atoms with E-state index in [1.165, 1.54) is 13.2 Å². The van der Waals surface area contributed by atoms with Crippen LogP contribution in [-0.2, 0) is 12.3 Å². The van der Waals surface area contributed by atoms with Crippen molar-refractivity contribution >= 4 is 0 Å². The van der Waals surface area contributed by atoms with Crippen LogP contribution in [0.25, 0.3) is 0 Å². The Kier molecular flexibility index (Phi) is 4.87. The molecule has 0 aliphatic heterocycles. The van der Waals surface area contributed by atoms with Crippen LogP contribution in [0.15, 0.2) is 18.2 Å². The Morgan fingerprint density at radius 3 is 2.53 bits per heavy atom. The summed E-state index contributed by atoms with van der Waals surface area (Å²) in [5, 5.41) is 0. The van der Waals surface area contributed by atoms with Crippen molar-refractivity contribution in [2.75, 3.05) is 13.7 Å². The lowest BCUT2D eigenvalue weighted by Crippen LogP contribution is -2.10. The zero-order valence-electron chi connectivity index (χ0n) is 10.3. The van der Waals surface area contributed by atoms with Gasteiger partial charge in [-0.2, -0.15) is 0 Å². The van der Waals surface area contributed by atoms with E-state index in [0.717, 1.165) is 31.7 Å². The zero-order valence-corrected chi connectivity index (χ0v) is 10.3. The van der Waals surface area contributed by atoms with Crippen molar-refractivity contribution in [2.45, 2.75) is 32.1 Å². The van der Waals surface area contributed by atoms with Gasteiger partial charge in [-0.15, -0.1) is 0 Å². The number of aryl methyl sites for hydroxylation is 1. The van der Waals surface area contributed by atoms with Crippen molar-refractivity contribution in [3.8, 4) is 5.75 Å². The second-order valence-corrected chi connectivity index (χ2v) is 4.17. The van der Waals surface area contributed by atoms with Crippen molar-refractivity contribution in [1.29, 1.82) is 0 Å². The molecular weight excluding hydrogens is 224 g/mol. The summed E-state index contributed by atoms with van der Waals surface area (Å²) in [6.45, 7) is 1.52. The molecule has 1 aromatic rings. The van der Waals surface area contributed by atoms with Crippen LogP contribution in [0.2, 0.25) is 0 Å². The molecule has 0 fully saturated rings. The molecular formula is C13H19F2NO. The molecule has 4 heteroatoms. The van der Waals surface area contributed by atoms with Crippen LogP contribution < -0.4 is 10.5 Å². The standard InChI is InChI=1S/C13H19F2NO/c1-13(14,15)11-9-10(5-3-4-8-16)6-7-12(11)17-2/h6-7,9H,3-5,8,16H2,1-2H3. The first-order valence-corrected chi connectivity index (χ1v) is 5.74. The summed E-state index contributed by atoms with van der Waals surface area (Å²) in [7, 11) is 1.40. The fraction of sp³-hybridized carbons (Fsp3) is 0.538. The average molecular weight is 243 g/mol. The first-order chi connectivity index (χ1) is 7.99. The molecule has 0 saturated carbocycles. The topological polar surface area (TPSA) is 35.2 Å². The minimum atomic E-state index is -2.88. The summed E-state index contributed by atoms with van der Waals surface area (Å²) in [5.74, 6) is -2.64. The molecule has 0 spiro atoms. The van der Waals surface area contributed by atoms with Gasteiger partial charge in [-0.25, -0.2) is 8.78 Å². The van der Waals surface area contributed by atoms with Gasteiger partial charge in [0.2, 0.25) is 0 Å². The third-order valence-corrected chi connectivity index (χ3v) is 2.66. The maximum atomic E-state index is 13.4. The molecule has 0 aliphatic carbocycles. The lowest BCUT2D eigenvalue weighted by Gasteiger charge is -2.16. The van der Waals surface area contributed by atoms with E-state index in [1.807, 2.05) is 6.07 Å². The highest BCUT2D eigenvalue weighted by Gasteiger charge is 2.28. The Bertz CT molecular complexity index is 361. The number of benzene rings is 1. The van der Waals surface area contributed by atoms with Gasteiger partial charge in [0.15, 0.2) is 0 Å². The van der Waals surface area contributed by atoms with Crippen LogP contribution in [0.4, 0.5) is 8.78 Å². The van der Waals surface area contributed by atoms with Crippen LogP contribution in [0.1, 0.15) is 30.9 Å². The minimum absolute atomic E-state index is 0.0507. The molecule has 0 unspecified atom stereocenters. The van der Waals surface area contributed by atoms with Crippen molar-refractivity contribution in [3.05, 3.63) is 29.3 Å². The van der Waals surface area contributed by atoms with E-state index >= 15 is 0 Å². The third kappa shape index (κ3) is 3.97. The summed E-state index contributed by atoms with van der Waals surface area (Å²) in [6.07, 6.45) is 2.59. The van der Waals surface area contributed by atoms with Crippen molar-refractivity contribution in [3.63, 3.8) is 0 Å². The van der Waals surface area contributed by atoms with Gasteiger partial charge >= 0.3 is 0 Å². The van der Waals surface area contributed by atoms with Gasteiger partial charge in [-0.05, 0) is 43.5 Å². The van der Waals surface area contributed by atoms with E-state index < -0.39 is 5.92 Å². The van der Waals surface area contributed by atoms with E-state index in [1.54, 1.807) is 6.07 Å². The predicted molar refractivity (Wildman–Crippen MR) is 64.6 cm³/mol. The summed E-state index contributed by atoms with van der Waals surface area (Å²) in [6, 6.07) is 4.95. The summed E-state index contributed by atoms with van der Waals surface area (Å²) < 4.78 is 31.7. The van der Waals surface area contributed by atoms with Crippen LogP contribution in [0.3, 0.4) is 0 Å². The molecule has 0 radical (unpaired) electrons. The first-order valence-electron chi connectivity index (χ1n) is 5.74. The highest BCUT2D eigenvalue weighted by Crippen LogP contribution is 2.35. The smallest absolute Gasteiger partial charge is 0.274 e. The predicted octanol–water partition coefficient (Wildman–Crippen LogP) is 3.09. The second kappa shape index (κ2) is 5.96. The van der Waals surface area contributed by atoms with E-state index in [9.17, 15) is 8.78 Å². The van der Waals surface area contributed by atoms with Gasteiger partial charge in [0, 0.05) is 6.92 Å². The van der Waals surface area contributed by atoms with Gasteiger partial charge in [-0.3, -0.25) is 0 Å². The van der Waals surface area contributed by atoms with E-state index in [4.69, 9.17) is 10.5 Å². The number of hydrogen-bond acceptors (Lipinski definition) is 2. The van der Waals surface area contributed by atoms with E-state index in [-0.39, 0.29) is 11.3 Å². The molecule has 0 saturated heterocycles. The number of rotatable bonds is 6. The molecule has 1 aromatic carbocycles. The molecule has 0 heterocycles. The molecule has 1 rings (SSSR count).